The molecule has 5 heterocycles. The van der Waals surface area contributed by atoms with Gasteiger partial charge in [-0.05, 0) is 37.3 Å². The second kappa shape index (κ2) is 9.88. The molecule has 0 radical (unpaired) electrons. The summed E-state index contributed by atoms with van der Waals surface area (Å²) >= 11 is 1.46. The summed E-state index contributed by atoms with van der Waals surface area (Å²) in [7, 11) is -3.66. The third-order valence-electron chi connectivity index (χ3n) is 6.47. The predicted octanol–water partition coefficient (Wildman–Crippen LogP) is 4.87. The smallest absolute Gasteiger partial charge is 0.277 e. The van der Waals surface area contributed by atoms with E-state index in [2.05, 4.69) is 25.4 Å². The molecule has 6 rings (SSSR count). The minimum absolute atomic E-state index is 0.0674. The number of aliphatic imine (C=N–C) groups is 1. The zero-order valence-electron chi connectivity index (χ0n) is 21.1. The predicted molar refractivity (Wildman–Crippen MR) is 144 cm³/mol. The molecule has 0 atom stereocenters. The van der Waals surface area contributed by atoms with Crippen LogP contribution in [0.1, 0.15) is 27.7 Å². The highest BCUT2D eigenvalue weighted by Crippen LogP contribution is 2.39. The number of aromatic nitrogens is 4. The van der Waals surface area contributed by atoms with Crippen molar-refractivity contribution in [3.8, 4) is 10.6 Å². The van der Waals surface area contributed by atoms with E-state index in [4.69, 9.17) is 4.74 Å². The Morgan fingerprint density at radius 1 is 1.18 bits per heavy atom. The van der Waals surface area contributed by atoms with Gasteiger partial charge in [-0.15, -0.1) is 11.3 Å². The molecule has 2 aliphatic rings. The average molecular weight is 571 g/mol. The van der Waals surface area contributed by atoms with Gasteiger partial charge < -0.3 is 10.1 Å². The SMILES string of the molecule is Cc1cnc(-c2ccc(Nc3cc(Cc4cc5n(n4)CCOC5)nc4c3N=C(C(F)F)C4)c(S(C)(=O)=O)c2)s1. The number of alkyl halides is 2. The third-order valence-corrected chi connectivity index (χ3v) is 8.56. The fourth-order valence-corrected chi connectivity index (χ4v) is 6.31. The van der Waals surface area contributed by atoms with Gasteiger partial charge in [-0.2, -0.15) is 5.10 Å². The Morgan fingerprint density at radius 3 is 2.74 bits per heavy atom. The molecule has 3 aromatic heterocycles. The van der Waals surface area contributed by atoms with Gasteiger partial charge in [0.25, 0.3) is 6.43 Å². The number of benzene rings is 1. The minimum Gasteiger partial charge on any atom is -0.373 e. The molecule has 0 aliphatic carbocycles. The van der Waals surface area contributed by atoms with Crippen LogP contribution in [0, 0.1) is 6.92 Å². The summed E-state index contributed by atoms with van der Waals surface area (Å²) in [5.74, 6) is 0. The highest BCUT2D eigenvalue weighted by atomic mass is 32.2. The van der Waals surface area contributed by atoms with E-state index in [0.29, 0.717) is 59.5 Å². The van der Waals surface area contributed by atoms with Gasteiger partial charge in [-0.3, -0.25) is 9.67 Å². The zero-order valence-corrected chi connectivity index (χ0v) is 22.7. The van der Waals surface area contributed by atoms with Gasteiger partial charge in [0.15, 0.2) is 9.84 Å². The van der Waals surface area contributed by atoms with E-state index in [-0.39, 0.29) is 22.7 Å². The van der Waals surface area contributed by atoms with Crippen LogP contribution < -0.4 is 5.32 Å². The van der Waals surface area contributed by atoms with Gasteiger partial charge in [0.1, 0.15) is 10.7 Å². The number of ether oxygens (including phenoxy) is 1. The third kappa shape index (κ3) is 5.21. The van der Waals surface area contributed by atoms with Gasteiger partial charge in [0.2, 0.25) is 0 Å². The Morgan fingerprint density at radius 2 is 2.03 bits per heavy atom. The molecule has 202 valence electrons. The van der Waals surface area contributed by atoms with E-state index >= 15 is 0 Å². The van der Waals surface area contributed by atoms with Crippen molar-refractivity contribution in [3.63, 3.8) is 0 Å². The van der Waals surface area contributed by atoms with Crippen molar-refractivity contribution in [2.24, 2.45) is 4.99 Å². The number of nitrogens with one attached hydrogen (secondary N) is 1. The van der Waals surface area contributed by atoms with Crippen LogP contribution in [0.2, 0.25) is 0 Å². The summed E-state index contributed by atoms with van der Waals surface area (Å²) in [6, 6.07) is 8.68. The molecule has 0 fully saturated rings. The molecule has 0 spiro atoms. The van der Waals surface area contributed by atoms with E-state index in [1.807, 2.05) is 17.7 Å². The molecule has 13 heteroatoms. The Bertz CT molecular complexity index is 1710. The summed E-state index contributed by atoms with van der Waals surface area (Å²) in [6.45, 7) is 3.66. The van der Waals surface area contributed by atoms with E-state index in [1.54, 1.807) is 30.5 Å². The molecule has 1 aromatic carbocycles. The molecule has 1 N–H and O–H groups in total. The molecular weight excluding hydrogens is 546 g/mol. The summed E-state index contributed by atoms with van der Waals surface area (Å²) in [5, 5.41) is 8.49. The first kappa shape index (κ1) is 25.7. The van der Waals surface area contributed by atoms with E-state index in [9.17, 15) is 17.2 Å². The van der Waals surface area contributed by atoms with Crippen molar-refractivity contribution in [1.82, 2.24) is 19.7 Å². The van der Waals surface area contributed by atoms with Crippen LogP contribution in [0.15, 0.2) is 46.4 Å². The van der Waals surface area contributed by atoms with Crippen LogP contribution in [0.4, 0.5) is 25.8 Å². The first-order valence-electron chi connectivity index (χ1n) is 12.2. The number of pyridine rings is 1. The second-order valence-electron chi connectivity index (χ2n) is 9.50. The molecular formula is C26H24F2N6O3S2. The zero-order chi connectivity index (χ0) is 27.3. The van der Waals surface area contributed by atoms with Gasteiger partial charge in [-0.25, -0.2) is 27.2 Å². The molecule has 0 unspecified atom stereocenters. The fourth-order valence-electron chi connectivity index (χ4n) is 4.69. The number of fused-ring (bicyclic) bond motifs is 2. The van der Waals surface area contributed by atoms with E-state index in [1.165, 1.54) is 11.3 Å². The van der Waals surface area contributed by atoms with Crippen molar-refractivity contribution < 1.29 is 21.9 Å². The normalized spacial score (nSPS) is 14.8. The van der Waals surface area contributed by atoms with Crippen molar-refractivity contribution in [2.75, 3.05) is 18.2 Å². The molecule has 0 saturated heterocycles. The topological polar surface area (TPSA) is 111 Å². The maximum absolute atomic E-state index is 13.6. The van der Waals surface area contributed by atoms with Gasteiger partial charge in [-0.1, -0.05) is 0 Å². The lowest BCUT2D eigenvalue weighted by Crippen LogP contribution is -2.16. The van der Waals surface area contributed by atoms with Crippen molar-refractivity contribution >= 4 is 43.9 Å². The molecule has 0 bridgehead atoms. The second-order valence-corrected chi connectivity index (χ2v) is 12.7. The van der Waals surface area contributed by atoms with Crippen molar-refractivity contribution in [3.05, 3.63) is 64.2 Å². The number of anilines is 2. The number of rotatable bonds is 7. The van der Waals surface area contributed by atoms with Crippen LogP contribution >= 0.6 is 11.3 Å². The van der Waals surface area contributed by atoms with Crippen molar-refractivity contribution in [1.29, 1.82) is 0 Å². The number of halogens is 2. The molecule has 9 nitrogen and oxygen atoms in total. The number of aryl methyl sites for hydroxylation is 1. The van der Waals surface area contributed by atoms with Crippen LogP contribution in [0.25, 0.3) is 10.6 Å². The van der Waals surface area contributed by atoms with E-state index in [0.717, 1.165) is 22.5 Å². The number of nitrogens with zero attached hydrogens (tertiary/aromatic N) is 5. The van der Waals surface area contributed by atoms with Crippen molar-refractivity contribution in [2.45, 2.75) is 44.2 Å². The fraction of sp³-hybridized carbons (Fsp3) is 0.308. The standard InChI is InChI=1S/C26H24F2N6O3S2/c1-14-12-29-26(38-14)15-3-4-19(23(7-15)39(2,35)36)31-20-10-16(30-21-11-22(25(27)28)32-24(20)21)8-17-9-18-13-37-6-5-34(18)33-17/h3-4,7,9-10,12,25H,5-6,8,11,13H2,1-2H3,(H,30,31). The summed E-state index contributed by atoms with van der Waals surface area (Å²) in [6.07, 6.45) is 0.431. The lowest BCUT2D eigenvalue weighted by Gasteiger charge is -2.15. The minimum atomic E-state index is -3.66. The Balaban J connectivity index is 1.40. The monoisotopic (exact) mass is 570 g/mol. The van der Waals surface area contributed by atoms with Crippen LogP contribution in [0.5, 0.6) is 0 Å². The molecule has 0 amide bonds. The number of hydrogen-bond acceptors (Lipinski definition) is 9. The largest absolute Gasteiger partial charge is 0.373 e. The molecule has 2 aliphatic heterocycles. The van der Waals surface area contributed by atoms with E-state index < -0.39 is 16.3 Å². The first-order valence-corrected chi connectivity index (χ1v) is 14.9. The average Bonchev–Trinajstić information content (AvgIpc) is 3.61. The quantitative estimate of drug-likeness (QED) is 0.337. The molecule has 0 saturated carbocycles. The lowest BCUT2D eigenvalue weighted by atomic mass is 10.1. The van der Waals surface area contributed by atoms with Crippen LogP contribution in [-0.2, 0) is 40.6 Å². The first-order chi connectivity index (χ1) is 18.6. The summed E-state index contributed by atoms with van der Waals surface area (Å²) < 4.78 is 60.1. The van der Waals surface area contributed by atoms with Gasteiger partial charge in [0, 0.05) is 41.4 Å². The van der Waals surface area contributed by atoms with Crippen LogP contribution in [-0.4, -0.2) is 53.2 Å². The summed E-state index contributed by atoms with van der Waals surface area (Å²) in [5.41, 5.74) is 4.16. The number of thiazole rings is 1. The Hall–Kier alpha value is -3.55. The highest BCUT2D eigenvalue weighted by molar-refractivity contribution is 7.90. The Labute approximate surface area is 227 Å². The molecule has 4 aromatic rings. The number of sulfone groups is 1. The maximum atomic E-state index is 13.6. The lowest BCUT2D eigenvalue weighted by molar-refractivity contribution is 0.0800. The van der Waals surface area contributed by atoms with Gasteiger partial charge in [0.05, 0.1) is 58.8 Å². The summed E-state index contributed by atoms with van der Waals surface area (Å²) in [4.78, 5) is 14.2. The van der Waals surface area contributed by atoms with Gasteiger partial charge >= 0.3 is 0 Å². The highest BCUT2D eigenvalue weighted by Gasteiger charge is 2.27. The molecule has 39 heavy (non-hydrogen) atoms. The Kier molecular flexibility index (Phi) is 6.52. The maximum Gasteiger partial charge on any atom is 0.277 e. The van der Waals surface area contributed by atoms with Crippen LogP contribution in [0.3, 0.4) is 0 Å². The number of hydrogen-bond donors (Lipinski definition) is 1.